The van der Waals surface area contributed by atoms with E-state index in [1.54, 1.807) is 17.0 Å². The van der Waals surface area contributed by atoms with Gasteiger partial charge in [0.1, 0.15) is 17.7 Å². The molecule has 3 aromatic rings. The average Bonchev–Trinajstić information content (AvgIpc) is 3.38. The van der Waals surface area contributed by atoms with Crippen LogP contribution in [-0.2, 0) is 6.42 Å². The Morgan fingerprint density at radius 3 is 2.75 bits per heavy atom. The van der Waals surface area contributed by atoms with E-state index in [1.807, 2.05) is 31.2 Å². The van der Waals surface area contributed by atoms with Crippen LogP contribution in [0.15, 0.2) is 53.1 Å². The first kappa shape index (κ1) is 18.2. The highest BCUT2D eigenvalue weighted by Crippen LogP contribution is 2.24. The quantitative estimate of drug-likeness (QED) is 0.674. The fourth-order valence-electron chi connectivity index (χ4n) is 3.20. The van der Waals surface area contributed by atoms with Crippen LogP contribution < -0.4 is 4.74 Å². The summed E-state index contributed by atoms with van der Waals surface area (Å²) in [5.41, 5.74) is 0.942. The number of rotatable bonds is 5. The minimum atomic E-state index is -0.500. The summed E-state index contributed by atoms with van der Waals surface area (Å²) in [7, 11) is 0. The van der Waals surface area contributed by atoms with Crippen molar-refractivity contribution in [1.29, 1.82) is 0 Å². The van der Waals surface area contributed by atoms with Crippen LogP contribution in [0.2, 0.25) is 0 Å². The average molecular weight is 381 g/mol. The lowest BCUT2D eigenvalue weighted by Crippen LogP contribution is -2.31. The summed E-state index contributed by atoms with van der Waals surface area (Å²) in [5, 5.41) is 3.95. The van der Waals surface area contributed by atoms with Crippen molar-refractivity contribution < 1.29 is 18.4 Å². The summed E-state index contributed by atoms with van der Waals surface area (Å²) in [5.74, 6) is 1.04. The Balaban J connectivity index is 1.38. The fraction of sp³-hybridized carbons (Fsp3) is 0.286. The summed E-state index contributed by atoms with van der Waals surface area (Å²) in [6.45, 7) is 2.92. The predicted octanol–water partition coefficient (Wildman–Crippen LogP) is 3.73. The summed E-state index contributed by atoms with van der Waals surface area (Å²) in [4.78, 5) is 18.4. The number of nitrogens with zero attached hydrogens (tertiary/aromatic N) is 3. The zero-order chi connectivity index (χ0) is 19.5. The van der Waals surface area contributed by atoms with E-state index in [9.17, 15) is 9.18 Å². The van der Waals surface area contributed by atoms with Gasteiger partial charge in [0.05, 0.1) is 12.1 Å². The van der Waals surface area contributed by atoms with Crippen molar-refractivity contribution in [2.75, 3.05) is 13.1 Å². The van der Waals surface area contributed by atoms with Gasteiger partial charge in [-0.1, -0.05) is 24.2 Å². The number of halogens is 1. The molecule has 1 aliphatic heterocycles. The maximum Gasteiger partial charge on any atom is 0.256 e. The highest BCUT2D eigenvalue weighted by molar-refractivity contribution is 5.94. The van der Waals surface area contributed by atoms with Crippen molar-refractivity contribution in [3.8, 4) is 17.1 Å². The topological polar surface area (TPSA) is 68.5 Å². The summed E-state index contributed by atoms with van der Waals surface area (Å²) < 4.78 is 25.0. The first-order valence-electron chi connectivity index (χ1n) is 9.27. The Morgan fingerprint density at radius 2 is 2.04 bits per heavy atom. The van der Waals surface area contributed by atoms with E-state index in [2.05, 4.69) is 10.1 Å². The van der Waals surface area contributed by atoms with Gasteiger partial charge in [-0.2, -0.15) is 4.98 Å². The second-order valence-electron chi connectivity index (χ2n) is 6.65. The van der Waals surface area contributed by atoms with E-state index in [-0.39, 0.29) is 17.6 Å². The molecule has 4 rings (SSSR count). The van der Waals surface area contributed by atoms with Gasteiger partial charge in [0.25, 0.3) is 5.91 Å². The van der Waals surface area contributed by atoms with Crippen LogP contribution in [0.5, 0.6) is 5.75 Å². The number of carbonyl (C=O) groups excluding carboxylic acids is 1. The van der Waals surface area contributed by atoms with Crippen molar-refractivity contribution >= 4 is 5.91 Å². The maximum atomic E-state index is 13.8. The molecule has 144 valence electrons. The van der Waals surface area contributed by atoms with Gasteiger partial charge >= 0.3 is 0 Å². The van der Waals surface area contributed by atoms with E-state index < -0.39 is 5.82 Å². The Morgan fingerprint density at radius 1 is 1.25 bits per heavy atom. The van der Waals surface area contributed by atoms with Gasteiger partial charge in [-0.3, -0.25) is 4.79 Å². The number of hydrogen-bond acceptors (Lipinski definition) is 5. The summed E-state index contributed by atoms with van der Waals surface area (Å²) in [6, 6.07) is 13.5. The fourth-order valence-corrected chi connectivity index (χ4v) is 3.20. The third-order valence-corrected chi connectivity index (χ3v) is 4.72. The molecule has 0 N–H and O–H groups in total. The molecule has 1 amide bonds. The van der Waals surface area contributed by atoms with E-state index in [0.29, 0.717) is 43.4 Å². The lowest BCUT2D eigenvalue weighted by Gasteiger charge is -2.17. The first-order valence-corrected chi connectivity index (χ1v) is 9.27. The number of hydrogen-bond donors (Lipinski definition) is 0. The van der Waals surface area contributed by atoms with E-state index in [0.717, 1.165) is 5.56 Å². The lowest BCUT2D eigenvalue weighted by atomic mass is 10.2. The molecule has 0 spiro atoms. The molecule has 0 aliphatic carbocycles. The molecular weight excluding hydrogens is 361 g/mol. The Bertz CT molecular complexity index is 971. The zero-order valence-electron chi connectivity index (χ0n) is 15.5. The third kappa shape index (κ3) is 3.74. The SMILES string of the molecule is CCc1nc(-c2ccc(OC3CCN(C(=O)c4ccccc4F)C3)cc2)no1. The monoisotopic (exact) mass is 381 g/mol. The molecule has 6 nitrogen and oxygen atoms in total. The molecule has 7 heteroatoms. The van der Waals surface area contributed by atoms with Gasteiger partial charge in [0, 0.05) is 24.9 Å². The van der Waals surface area contributed by atoms with E-state index in [4.69, 9.17) is 9.26 Å². The minimum absolute atomic E-state index is 0.0964. The van der Waals surface area contributed by atoms with E-state index in [1.165, 1.54) is 12.1 Å². The second kappa shape index (κ2) is 7.80. The summed E-state index contributed by atoms with van der Waals surface area (Å²) >= 11 is 0. The van der Waals surface area contributed by atoms with Crippen LogP contribution in [0.25, 0.3) is 11.4 Å². The van der Waals surface area contributed by atoms with Gasteiger partial charge < -0.3 is 14.2 Å². The molecule has 1 aromatic heterocycles. The van der Waals surface area contributed by atoms with Crippen LogP contribution in [0.4, 0.5) is 4.39 Å². The highest BCUT2D eigenvalue weighted by atomic mass is 19.1. The zero-order valence-corrected chi connectivity index (χ0v) is 15.5. The molecule has 2 aromatic carbocycles. The Labute approximate surface area is 161 Å². The highest BCUT2D eigenvalue weighted by Gasteiger charge is 2.29. The van der Waals surface area contributed by atoms with Crippen molar-refractivity contribution in [2.45, 2.75) is 25.9 Å². The Hall–Kier alpha value is -3.22. The first-order chi connectivity index (χ1) is 13.6. The molecule has 0 saturated carbocycles. The molecule has 1 saturated heterocycles. The standard InChI is InChI=1S/C21H20FN3O3/c1-2-19-23-20(24-28-19)14-7-9-15(10-8-14)27-16-11-12-25(13-16)21(26)17-5-3-4-6-18(17)22/h3-10,16H,2,11-13H2,1H3. The van der Waals surface area contributed by atoms with Gasteiger partial charge in [-0.15, -0.1) is 0 Å². The Kier molecular flexibility index (Phi) is 5.06. The molecule has 0 bridgehead atoms. The molecular formula is C21H20FN3O3. The number of likely N-dealkylation sites (tertiary alicyclic amines) is 1. The van der Waals surface area contributed by atoms with Crippen LogP contribution >= 0.6 is 0 Å². The van der Waals surface area contributed by atoms with Crippen molar-refractivity contribution in [3.63, 3.8) is 0 Å². The van der Waals surface area contributed by atoms with Crippen LogP contribution in [0, 0.1) is 5.82 Å². The van der Waals surface area contributed by atoms with Crippen LogP contribution in [-0.4, -0.2) is 40.1 Å². The number of ether oxygens (including phenoxy) is 1. The molecule has 0 radical (unpaired) electrons. The number of amides is 1. The normalized spacial score (nSPS) is 16.4. The molecule has 1 atom stereocenters. The predicted molar refractivity (Wildman–Crippen MR) is 100 cm³/mol. The molecule has 1 fully saturated rings. The smallest absolute Gasteiger partial charge is 0.256 e. The lowest BCUT2D eigenvalue weighted by molar-refractivity contribution is 0.0768. The van der Waals surface area contributed by atoms with Crippen molar-refractivity contribution in [3.05, 3.63) is 65.8 Å². The number of benzene rings is 2. The molecule has 1 unspecified atom stereocenters. The third-order valence-electron chi connectivity index (χ3n) is 4.72. The van der Waals surface area contributed by atoms with Crippen LogP contribution in [0.3, 0.4) is 0 Å². The minimum Gasteiger partial charge on any atom is -0.489 e. The van der Waals surface area contributed by atoms with Crippen molar-refractivity contribution in [1.82, 2.24) is 15.0 Å². The molecule has 2 heterocycles. The number of aromatic nitrogens is 2. The number of aryl methyl sites for hydroxylation is 1. The van der Waals surface area contributed by atoms with Crippen LogP contribution in [0.1, 0.15) is 29.6 Å². The molecule has 1 aliphatic rings. The van der Waals surface area contributed by atoms with E-state index >= 15 is 0 Å². The van der Waals surface area contributed by atoms with Gasteiger partial charge in [0.15, 0.2) is 0 Å². The van der Waals surface area contributed by atoms with Gasteiger partial charge in [0.2, 0.25) is 11.7 Å². The largest absolute Gasteiger partial charge is 0.489 e. The van der Waals surface area contributed by atoms with Gasteiger partial charge in [-0.05, 0) is 36.4 Å². The molecule has 28 heavy (non-hydrogen) atoms. The number of carbonyl (C=O) groups is 1. The van der Waals surface area contributed by atoms with Gasteiger partial charge in [-0.25, -0.2) is 4.39 Å². The van der Waals surface area contributed by atoms with Crippen molar-refractivity contribution in [2.24, 2.45) is 0 Å². The second-order valence-corrected chi connectivity index (χ2v) is 6.65. The summed E-state index contributed by atoms with van der Waals surface area (Å²) in [6.07, 6.45) is 1.27. The maximum absolute atomic E-state index is 13.8.